The molecule has 0 bridgehead atoms. The molecule has 0 heteroatoms. The Labute approximate surface area is 121 Å². The molecule has 102 valence electrons. The summed E-state index contributed by atoms with van der Waals surface area (Å²) in [6.45, 7) is 4.53. The van der Waals surface area contributed by atoms with E-state index in [1.807, 2.05) is 0 Å². The molecule has 1 spiro atoms. The lowest BCUT2D eigenvalue weighted by molar-refractivity contribution is 0.351. The van der Waals surface area contributed by atoms with Gasteiger partial charge in [0.1, 0.15) is 0 Å². The zero-order valence-corrected chi connectivity index (χ0v) is 12.5. The fourth-order valence-electron chi connectivity index (χ4n) is 4.63. The molecule has 1 fully saturated rings. The van der Waals surface area contributed by atoms with Crippen LogP contribution in [0.5, 0.6) is 0 Å². The second-order valence-electron chi connectivity index (χ2n) is 6.69. The van der Waals surface area contributed by atoms with Gasteiger partial charge in [0.2, 0.25) is 0 Å². The van der Waals surface area contributed by atoms with Crippen LogP contribution in [-0.4, -0.2) is 0 Å². The molecule has 0 aliphatic heterocycles. The maximum atomic E-state index is 2.46. The molecule has 2 aromatic carbocycles. The fourth-order valence-corrected chi connectivity index (χ4v) is 4.63. The van der Waals surface area contributed by atoms with Gasteiger partial charge in [0.25, 0.3) is 0 Å². The Bertz CT molecular complexity index is 672. The number of fused-ring (bicyclic) bond motifs is 5. The lowest BCUT2D eigenvalue weighted by Gasteiger charge is -2.37. The Hall–Kier alpha value is -1.56. The van der Waals surface area contributed by atoms with E-state index < -0.39 is 0 Å². The largest absolute Gasteiger partial charge is 0.0614 e. The van der Waals surface area contributed by atoms with Crippen LogP contribution in [0.1, 0.15) is 54.4 Å². The van der Waals surface area contributed by atoms with E-state index >= 15 is 0 Å². The molecule has 2 aromatic rings. The van der Waals surface area contributed by atoms with Gasteiger partial charge in [0, 0.05) is 5.41 Å². The molecule has 0 saturated heterocycles. The van der Waals surface area contributed by atoms with Crippen molar-refractivity contribution in [3.05, 3.63) is 58.7 Å². The fraction of sp³-hybridized carbons (Fsp3) is 0.400. The predicted molar refractivity (Wildman–Crippen MR) is 85.2 cm³/mol. The lowest BCUT2D eigenvalue weighted by Crippen LogP contribution is -2.28. The first-order valence-corrected chi connectivity index (χ1v) is 7.94. The van der Waals surface area contributed by atoms with Gasteiger partial charge in [-0.3, -0.25) is 0 Å². The maximum Gasteiger partial charge on any atom is 0.0217 e. The van der Waals surface area contributed by atoms with Gasteiger partial charge in [0.15, 0.2) is 0 Å². The zero-order chi connectivity index (χ0) is 13.7. The molecule has 2 aliphatic rings. The van der Waals surface area contributed by atoms with Crippen LogP contribution < -0.4 is 0 Å². The Morgan fingerprint density at radius 1 is 0.850 bits per heavy atom. The highest BCUT2D eigenvalue weighted by Gasteiger charge is 2.44. The van der Waals surface area contributed by atoms with Crippen molar-refractivity contribution in [2.45, 2.75) is 51.4 Å². The molecule has 0 unspecified atom stereocenters. The van der Waals surface area contributed by atoms with E-state index in [2.05, 4.69) is 50.2 Å². The Kier molecular flexibility index (Phi) is 2.57. The molecule has 0 atom stereocenters. The minimum Gasteiger partial charge on any atom is -0.0614 e. The molecular formula is C20H22. The third-order valence-corrected chi connectivity index (χ3v) is 5.44. The number of rotatable bonds is 0. The number of hydrogen-bond donors (Lipinski definition) is 0. The van der Waals surface area contributed by atoms with Crippen molar-refractivity contribution in [3.63, 3.8) is 0 Å². The molecule has 0 aromatic heterocycles. The minimum absolute atomic E-state index is 0.320. The SMILES string of the molecule is Cc1ccc2c(c1)C1(CCCCC1)c1c(C)cccc1-2. The van der Waals surface area contributed by atoms with Crippen molar-refractivity contribution in [1.29, 1.82) is 0 Å². The van der Waals surface area contributed by atoms with E-state index in [-0.39, 0.29) is 0 Å². The second kappa shape index (κ2) is 4.22. The van der Waals surface area contributed by atoms with Gasteiger partial charge >= 0.3 is 0 Å². The molecule has 0 nitrogen and oxygen atoms in total. The Balaban J connectivity index is 2.06. The summed E-state index contributed by atoms with van der Waals surface area (Å²) in [7, 11) is 0. The number of benzene rings is 2. The van der Waals surface area contributed by atoms with Crippen molar-refractivity contribution >= 4 is 0 Å². The quantitative estimate of drug-likeness (QED) is 0.585. The number of aryl methyl sites for hydroxylation is 2. The van der Waals surface area contributed by atoms with Crippen LogP contribution in [0.4, 0.5) is 0 Å². The Morgan fingerprint density at radius 2 is 1.65 bits per heavy atom. The molecular weight excluding hydrogens is 240 g/mol. The molecule has 0 N–H and O–H groups in total. The van der Waals surface area contributed by atoms with Crippen LogP contribution >= 0.6 is 0 Å². The van der Waals surface area contributed by atoms with Crippen molar-refractivity contribution in [2.75, 3.05) is 0 Å². The van der Waals surface area contributed by atoms with E-state index in [9.17, 15) is 0 Å². The molecule has 20 heavy (non-hydrogen) atoms. The van der Waals surface area contributed by atoms with Gasteiger partial charge in [-0.05, 0) is 54.5 Å². The molecule has 0 radical (unpaired) electrons. The summed E-state index contributed by atoms with van der Waals surface area (Å²) in [5, 5.41) is 0. The van der Waals surface area contributed by atoms with Gasteiger partial charge in [-0.15, -0.1) is 0 Å². The third-order valence-electron chi connectivity index (χ3n) is 5.44. The summed E-state index contributed by atoms with van der Waals surface area (Å²) in [6, 6.07) is 13.9. The summed E-state index contributed by atoms with van der Waals surface area (Å²) in [5.74, 6) is 0. The number of hydrogen-bond acceptors (Lipinski definition) is 0. The van der Waals surface area contributed by atoms with Crippen molar-refractivity contribution < 1.29 is 0 Å². The highest BCUT2D eigenvalue weighted by Crippen LogP contribution is 2.56. The van der Waals surface area contributed by atoms with Crippen molar-refractivity contribution in [1.82, 2.24) is 0 Å². The van der Waals surface area contributed by atoms with Gasteiger partial charge in [-0.1, -0.05) is 61.2 Å². The standard InChI is InChI=1S/C20H22/c1-14-9-10-16-17-8-6-7-15(2)19(17)20(18(16)13-14)11-4-3-5-12-20/h6-10,13H,3-5,11-12H2,1-2H3. The Morgan fingerprint density at radius 3 is 2.45 bits per heavy atom. The minimum atomic E-state index is 0.320. The lowest BCUT2D eigenvalue weighted by atomic mass is 9.67. The summed E-state index contributed by atoms with van der Waals surface area (Å²) in [6.07, 6.45) is 6.83. The smallest absolute Gasteiger partial charge is 0.0217 e. The van der Waals surface area contributed by atoms with Gasteiger partial charge in [-0.2, -0.15) is 0 Å². The molecule has 1 saturated carbocycles. The average molecular weight is 262 g/mol. The van der Waals surface area contributed by atoms with Crippen LogP contribution in [0.15, 0.2) is 36.4 Å². The van der Waals surface area contributed by atoms with E-state index in [0.29, 0.717) is 5.41 Å². The molecule has 4 rings (SSSR count). The average Bonchev–Trinajstić information content (AvgIpc) is 2.72. The molecule has 2 aliphatic carbocycles. The normalized spacial score (nSPS) is 18.9. The monoisotopic (exact) mass is 262 g/mol. The van der Waals surface area contributed by atoms with Gasteiger partial charge in [0.05, 0.1) is 0 Å². The van der Waals surface area contributed by atoms with E-state index in [1.54, 1.807) is 11.1 Å². The summed E-state index contributed by atoms with van der Waals surface area (Å²) >= 11 is 0. The summed E-state index contributed by atoms with van der Waals surface area (Å²) in [4.78, 5) is 0. The van der Waals surface area contributed by atoms with Gasteiger partial charge < -0.3 is 0 Å². The maximum absolute atomic E-state index is 2.46. The van der Waals surface area contributed by atoms with E-state index in [1.165, 1.54) is 54.4 Å². The van der Waals surface area contributed by atoms with Crippen molar-refractivity contribution in [3.8, 4) is 11.1 Å². The van der Waals surface area contributed by atoms with Crippen LogP contribution in [-0.2, 0) is 5.41 Å². The zero-order valence-electron chi connectivity index (χ0n) is 12.5. The van der Waals surface area contributed by atoms with Gasteiger partial charge in [-0.25, -0.2) is 0 Å². The van der Waals surface area contributed by atoms with Crippen LogP contribution in [0, 0.1) is 13.8 Å². The van der Waals surface area contributed by atoms with Crippen LogP contribution in [0.3, 0.4) is 0 Å². The molecule has 0 heterocycles. The van der Waals surface area contributed by atoms with E-state index in [0.717, 1.165) is 0 Å². The first kappa shape index (κ1) is 12.2. The van der Waals surface area contributed by atoms with Crippen molar-refractivity contribution in [2.24, 2.45) is 0 Å². The summed E-state index contributed by atoms with van der Waals surface area (Å²) in [5.41, 5.74) is 9.46. The third kappa shape index (κ3) is 1.48. The topological polar surface area (TPSA) is 0 Å². The highest BCUT2D eigenvalue weighted by atomic mass is 14.5. The molecule has 0 amide bonds. The first-order valence-electron chi connectivity index (χ1n) is 7.94. The second-order valence-corrected chi connectivity index (χ2v) is 6.69. The van der Waals surface area contributed by atoms with Crippen LogP contribution in [0.25, 0.3) is 11.1 Å². The highest BCUT2D eigenvalue weighted by molar-refractivity contribution is 5.82. The van der Waals surface area contributed by atoms with E-state index in [4.69, 9.17) is 0 Å². The van der Waals surface area contributed by atoms with Crippen LogP contribution in [0.2, 0.25) is 0 Å². The first-order chi connectivity index (χ1) is 9.72. The summed E-state index contributed by atoms with van der Waals surface area (Å²) < 4.78 is 0. The predicted octanol–water partition coefficient (Wildman–Crippen LogP) is 5.53.